The molecule has 1 N–H and O–H groups in total. The second-order valence-corrected chi connectivity index (χ2v) is 8.93. The van der Waals surface area contributed by atoms with E-state index in [1.807, 2.05) is 43.3 Å². The third kappa shape index (κ3) is 4.08. The Balaban J connectivity index is 1.69. The van der Waals surface area contributed by atoms with E-state index in [0.29, 0.717) is 46.5 Å². The number of ketones is 1. The van der Waals surface area contributed by atoms with E-state index in [1.165, 1.54) is 4.90 Å². The van der Waals surface area contributed by atoms with Crippen molar-refractivity contribution in [3.63, 3.8) is 0 Å². The Morgan fingerprint density at radius 3 is 2.37 bits per heavy atom. The number of fused-ring (bicyclic) bond motifs is 1. The summed E-state index contributed by atoms with van der Waals surface area (Å²) in [5, 5.41) is 11.6. The first-order chi connectivity index (χ1) is 16.8. The molecule has 3 aromatic carbocycles. The highest BCUT2D eigenvalue weighted by molar-refractivity contribution is 6.51. The first-order valence-electron chi connectivity index (χ1n) is 11.1. The molecule has 0 aliphatic carbocycles. The summed E-state index contributed by atoms with van der Waals surface area (Å²) in [5.41, 5.74) is 2.44. The zero-order valence-corrected chi connectivity index (χ0v) is 20.0. The Morgan fingerprint density at radius 1 is 0.971 bits per heavy atom. The smallest absolute Gasteiger partial charge is 0.300 e. The second-order valence-electron chi connectivity index (χ2n) is 8.49. The van der Waals surface area contributed by atoms with Gasteiger partial charge in [-0.1, -0.05) is 35.9 Å². The fourth-order valence-corrected chi connectivity index (χ4v) is 4.53. The van der Waals surface area contributed by atoms with Gasteiger partial charge in [-0.15, -0.1) is 0 Å². The molecule has 0 saturated carbocycles. The number of halogens is 1. The van der Waals surface area contributed by atoms with Gasteiger partial charge in [-0.2, -0.15) is 0 Å². The molecular formula is C27H23ClN2O5. The maximum Gasteiger partial charge on any atom is 0.300 e. The van der Waals surface area contributed by atoms with Crippen molar-refractivity contribution in [1.82, 2.24) is 0 Å². The molecule has 0 radical (unpaired) electrons. The van der Waals surface area contributed by atoms with E-state index in [9.17, 15) is 14.7 Å². The summed E-state index contributed by atoms with van der Waals surface area (Å²) in [6, 6.07) is 18.3. The SMILES string of the molecule is CN(C)c1ccc(C2/C(=C(\O)c3cccc(Cl)c3)C(=O)C(=O)N2c2ccc3c(c2)OCCO3)cc1. The Morgan fingerprint density at radius 2 is 1.69 bits per heavy atom. The topological polar surface area (TPSA) is 79.3 Å². The summed E-state index contributed by atoms with van der Waals surface area (Å²) in [6.07, 6.45) is 0. The molecule has 7 nitrogen and oxygen atoms in total. The van der Waals surface area contributed by atoms with Gasteiger partial charge >= 0.3 is 0 Å². The predicted octanol–water partition coefficient (Wildman–Crippen LogP) is 4.80. The first-order valence-corrected chi connectivity index (χ1v) is 11.5. The van der Waals surface area contributed by atoms with Crippen molar-refractivity contribution in [3.8, 4) is 11.5 Å². The maximum atomic E-state index is 13.4. The fraction of sp³-hybridized carbons (Fsp3) is 0.185. The molecule has 8 heteroatoms. The highest BCUT2D eigenvalue weighted by Gasteiger charge is 2.47. The fourth-order valence-electron chi connectivity index (χ4n) is 4.34. The number of hydrogen-bond acceptors (Lipinski definition) is 6. The Hall–Kier alpha value is -3.97. The lowest BCUT2D eigenvalue weighted by Crippen LogP contribution is -2.29. The molecule has 2 aliphatic heterocycles. The maximum absolute atomic E-state index is 13.4. The van der Waals surface area contributed by atoms with Gasteiger partial charge in [0.25, 0.3) is 11.7 Å². The van der Waals surface area contributed by atoms with Gasteiger partial charge < -0.3 is 19.5 Å². The predicted molar refractivity (Wildman–Crippen MR) is 134 cm³/mol. The number of Topliss-reactive ketones (excluding diaryl/α,β-unsaturated/α-hetero) is 1. The van der Waals surface area contributed by atoms with Gasteiger partial charge in [0.1, 0.15) is 19.0 Å². The van der Waals surface area contributed by atoms with E-state index < -0.39 is 17.7 Å². The van der Waals surface area contributed by atoms with Crippen LogP contribution in [0.5, 0.6) is 11.5 Å². The zero-order chi connectivity index (χ0) is 24.7. The van der Waals surface area contributed by atoms with Crippen molar-refractivity contribution in [1.29, 1.82) is 0 Å². The number of ether oxygens (including phenoxy) is 2. The van der Waals surface area contributed by atoms with E-state index in [0.717, 1.165) is 5.69 Å². The monoisotopic (exact) mass is 490 g/mol. The molecule has 35 heavy (non-hydrogen) atoms. The van der Waals surface area contributed by atoms with E-state index in [-0.39, 0.29) is 11.3 Å². The molecule has 0 spiro atoms. The van der Waals surface area contributed by atoms with Gasteiger partial charge in [0.15, 0.2) is 11.5 Å². The van der Waals surface area contributed by atoms with Gasteiger partial charge in [-0.05, 0) is 42.0 Å². The van der Waals surface area contributed by atoms with Gasteiger partial charge in [0.2, 0.25) is 0 Å². The third-order valence-electron chi connectivity index (χ3n) is 6.07. The van der Waals surface area contributed by atoms with Crippen molar-refractivity contribution in [3.05, 3.63) is 88.5 Å². The van der Waals surface area contributed by atoms with Crippen LogP contribution in [0.4, 0.5) is 11.4 Å². The molecule has 5 rings (SSSR count). The molecule has 1 unspecified atom stereocenters. The number of benzene rings is 3. The number of nitrogens with zero attached hydrogens (tertiary/aromatic N) is 2. The Labute approximate surface area is 207 Å². The molecule has 1 saturated heterocycles. The molecule has 2 heterocycles. The minimum absolute atomic E-state index is 0.00948. The average molecular weight is 491 g/mol. The van der Waals surface area contributed by atoms with E-state index >= 15 is 0 Å². The first kappa shape index (κ1) is 22.8. The number of hydrogen-bond donors (Lipinski definition) is 1. The van der Waals surface area contributed by atoms with E-state index in [2.05, 4.69) is 0 Å². The highest BCUT2D eigenvalue weighted by Crippen LogP contribution is 2.44. The Kier molecular flexibility index (Phi) is 5.86. The molecule has 1 amide bonds. The average Bonchev–Trinajstić information content (AvgIpc) is 3.13. The van der Waals surface area contributed by atoms with Gasteiger partial charge in [-0.25, -0.2) is 0 Å². The number of carbonyl (C=O) groups is 2. The minimum atomic E-state index is -0.854. The van der Waals surface area contributed by atoms with Crippen LogP contribution in [0.1, 0.15) is 17.2 Å². The Bertz CT molecular complexity index is 1350. The molecule has 1 atom stereocenters. The van der Waals surface area contributed by atoms with Crippen LogP contribution in [0.15, 0.2) is 72.3 Å². The van der Waals surface area contributed by atoms with E-state index in [1.54, 1.807) is 42.5 Å². The van der Waals surface area contributed by atoms with Crippen LogP contribution < -0.4 is 19.3 Å². The van der Waals surface area contributed by atoms with Gasteiger partial charge in [0, 0.05) is 42.1 Å². The van der Waals surface area contributed by atoms with Crippen LogP contribution in [0.2, 0.25) is 5.02 Å². The lowest BCUT2D eigenvalue weighted by molar-refractivity contribution is -0.132. The van der Waals surface area contributed by atoms with Crippen LogP contribution in [-0.4, -0.2) is 44.1 Å². The van der Waals surface area contributed by atoms with Crippen molar-refractivity contribution < 1.29 is 24.2 Å². The van der Waals surface area contributed by atoms with Crippen LogP contribution >= 0.6 is 11.6 Å². The van der Waals surface area contributed by atoms with Crippen LogP contribution in [-0.2, 0) is 9.59 Å². The van der Waals surface area contributed by atoms with Crippen LogP contribution in [0.3, 0.4) is 0 Å². The number of carbonyl (C=O) groups excluding carboxylic acids is 2. The van der Waals surface area contributed by atoms with Crippen LogP contribution in [0, 0.1) is 0 Å². The molecule has 1 fully saturated rings. The zero-order valence-electron chi connectivity index (χ0n) is 19.2. The standard InChI is InChI=1S/C27H23ClN2O5/c1-29(2)19-8-6-16(7-9-19)24-23(25(31)17-4-3-5-18(28)14-17)26(32)27(33)30(24)20-10-11-21-22(15-20)35-13-12-34-21/h3-11,14-15,24,31H,12-13H2,1-2H3/b25-23+. The highest BCUT2D eigenvalue weighted by atomic mass is 35.5. The molecule has 0 bridgehead atoms. The third-order valence-corrected chi connectivity index (χ3v) is 6.31. The number of rotatable bonds is 4. The molecule has 178 valence electrons. The lowest BCUT2D eigenvalue weighted by atomic mass is 9.95. The summed E-state index contributed by atoms with van der Waals surface area (Å²) in [7, 11) is 3.85. The summed E-state index contributed by atoms with van der Waals surface area (Å²) in [5.74, 6) is -0.742. The van der Waals surface area contributed by atoms with Crippen molar-refractivity contribution in [2.24, 2.45) is 0 Å². The van der Waals surface area contributed by atoms with Crippen molar-refractivity contribution in [2.75, 3.05) is 37.1 Å². The number of aliphatic hydroxyl groups excluding tert-OH is 1. The number of aliphatic hydroxyl groups is 1. The van der Waals surface area contributed by atoms with E-state index in [4.69, 9.17) is 21.1 Å². The quantitative estimate of drug-likeness (QED) is 0.321. The van der Waals surface area contributed by atoms with Gasteiger partial charge in [0.05, 0.1) is 11.6 Å². The van der Waals surface area contributed by atoms with Crippen LogP contribution in [0.25, 0.3) is 5.76 Å². The molecule has 3 aromatic rings. The molecule has 0 aromatic heterocycles. The molecule has 2 aliphatic rings. The number of amides is 1. The second kappa shape index (κ2) is 9.00. The van der Waals surface area contributed by atoms with Gasteiger partial charge in [-0.3, -0.25) is 14.5 Å². The summed E-state index contributed by atoms with van der Waals surface area (Å²) < 4.78 is 11.3. The number of anilines is 2. The normalized spacial score (nSPS) is 18.6. The molecular weight excluding hydrogens is 468 g/mol. The van der Waals surface area contributed by atoms with Crippen molar-refractivity contribution >= 4 is 40.4 Å². The lowest BCUT2D eigenvalue weighted by Gasteiger charge is -2.27. The summed E-state index contributed by atoms with van der Waals surface area (Å²) in [4.78, 5) is 30.0. The largest absolute Gasteiger partial charge is 0.507 e. The summed E-state index contributed by atoms with van der Waals surface area (Å²) >= 11 is 6.13. The van der Waals surface area contributed by atoms with Crippen molar-refractivity contribution in [2.45, 2.75) is 6.04 Å². The summed E-state index contributed by atoms with van der Waals surface area (Å²) in [6.45, 7) is 0.828. The minimum Gasteiger partial charge on any atom is -0.507 e.